The molecule has 258 valence electrons. The molecule has 1 saturated heterocycles. The fourth-order valence-corrected chi connectivity index (χ4v) is 6.15. The van der Waals surface area contributed by atoms with Crippen molar-refractivity contribution in [3.8, 4) is 12.3 Å². The van der Waals surface area contributed by atoms with E-state index >= 15 is 0 Å². The van der Waals surface area contributed by atoms with Crippen LogP contribution in [-0.2, 0) is 25.6 Å². The Kier molecular flexibility index (Phi) is 15.7. The molecule has 1 aliphatic rings. The summed E-state index contributed by atoms with van der Waals surface area (Å²) in [4.78, 5) is 68.2. The van der Waals surface area contributed by atoms with Crippen molar-refractivity contribution in [3.05, 3.63) is 48.6 Å². The van der Waals surface area contributed by atoms with Crippen LogP contribution in [0.4, 0.5) is 4.79 Å². The number of hydrogen-bond donors (Lipinski definition) is 4. The van der Waals surface area contributed by atoms with Crippen LogP contribution >= 0.6 is 0 Å². The van der Waals surface area contributed by atoms with Crippen LogP contribution in [-0.4, -0.2) is 71.2 Å². The molecular formula is C37H55N5O5. The van der Waals surface area contributed by atoms with E-state index in [0.29, 0.717) is 25.8 Å². The van der Waals surface area contributed by atoms with Crippen LogP contribution in [0.1, 0.15) is 98.0 Å². The first-order chi connectivity index (χ1) is 22.3. The van der Waals surface area contributed by atoms with E-state index in [9.17, 15) is 24.0 Å². The molecule has 10 nitrogen and oxygen atoms in total. The van der Waals surface area contributed by atoms with Crippen LogP contribution in [0.15, 0.2) is 43.0 Å². The lowest BCUT2D eigenvalue weighted by Gasteiger charge is -2.39. The summed E-state index contributed by atoms with van der Waals surface area (Å²) < 4.78 is 0. The SMILES string of the molecule is C#CCCC(NC(=O)[C@@H]1CCCN1C(=O)C(NC(=O)NC(CCC)(CCCC)Cc1ccccc1)C(C)(C)C)C(=O)C(=O)NCC=C. The van der Waals surface area contributed by atoms with Crippen LogP contribution in [0.25, 0.3) is 0 Å². The molecule has 1 aromatic rings. The molecule has 1 aromatic carbocycles. The predicted molar refractivity (Wildman–Crippen MR) is 185 cm³/mol. The molecule has 47 heavy (non-hydrogen) atoms. The molecule has 0 aliphatic carbocycles. The number of nitrogens with one attached hydrogen (secondary N) is 4. The van der Waals surface area contributed by atoms with Crippen LogP contribution in [0.2, 0.25) is 0 Å². The van der Waals surface area contributed by atoms with E-state index in [-0.39, 0.29) is 25.3 Å². The summed E-state index contributed by atoms with van der Waals surface area (Å²) in [6, 6.07) is 6.73. The highest BCUT2D eigenvalue weighted by Crippen LogP contribution is 2.28. The van der Waals surface area contributed by atoms with E-state index in [1.807, 2.05) is 39.0 Å². The fourth-order valence-electron chi connectivity index (χ4n) is 6.15. The summed E-state index contributed by atoms with van der Waals surface area (Å²) in [6.07, 6.45) is 13.1. The lowest BCUT2D eigenvalue weighted by Crippen LogP contribution is -2.62. The van der Waals surface area contributed by atoms with E-state index in [0.717, 1.165) is 37.7 Å². The number of Topliss-reactive ketones (excluding diaryl/α,β-unsaturated/α-hetero) is 1. The number of likely N-dealkylation sites (tertiary alicyclic amines) is 1. The minimum Gasteiger partial charge on any atom is -0.346 e. The molecule has 0 aromatic heterocycles. The van der Waals surface area contributed by atoms with E-state index < -0.39 is 52.7 Å². The number of amides is 5. The predicted octanol–water partition coefficient (Wildman–Crippen LogP) is 4.43. The van der Waals surface area contributed by atoms with Gasteiger partial charge in [0.05, 0.1) is 6.04 Å². The van der Waals surface area contributed by atoms with Gasteiger partial charge in [0.25, 0.3) is 5.91 Å². The summed E-state index contributed by atoms with van der Waals surface area (Å²) in [5.74, 6) is -0.134. The van der Waals surface area contributed by atoms with Crippen molar-refractivity contribution in [1.29, 1.82) is 0 Å². The molecule has 0 radical (unpaired) electrons. The number of benzene rings is 1. The van der Waals surface area contributed by atoms with Gasteiger partial charge >= 0.3 is 6.03 Å². The normalized spacial score (nSPS) is 16.9. The minimum absolute atomic E-state index is 0.0795. The highest BCUT2D eigenvalue weighted by molar-refractivity contribution is 6.38. The molecule has 0 saturated carbocycles. The number of rotatable bonds is 18. The maximum absolute atomic E-state index is 14.2. The molecular weight excluding hydrogens is 594 g/mol. The Balaban J connectivity index is 2.27. The number of ketones is 1. The van der Waals surface area contributed by atoms with Gasteiger partial charge in [0.1, 0.15) is 12.1 Å². The number of urea groups is 1. The molecule has 4 atom stereocenters. The number of carbonyl (C=O) groups excluding carboxylic acids is 5. The van der Waals surface area contributed by atoms with Crippen molar-refractivity contribution < 1.29 is 24.0 Å². The Morgan fingerprint density at radius 1 is 1.06 bits per heavy atom. The van der Waals surface area contributed by atoms with Gasteiger partial charge in [-0.3, -0.25) is 19.2 Å². The van der Waals surface area contributed by atoms with Gasteiger partial charge in [-0.1, -0.05) is 90.3 Å². The van der Waals surface area contributed by atoms with Crippen molar-refractivity contribution in [2.24, 2.45) is 5.41 Å². The smallest absolute Gasteiger partial charge is 0.315 e. The first-order valence-corrected chi connectivity index (χ1v) is 16.9. The number of unbranched alkanes of at least 4 members (excludes halogenated alkanes) is 1. The first kappa shape index (κ1) is 39.1. The first-order valence-electron chi connectivity index (χ1n) is 16.9. The molecule has 1 heterocycles. The number of nitrogens with zero attached hydrogens (tertiary/aromatic N) is 1. The average Bonchev–Trinajstić information content (AvgIpc) is 3.53. The molecule has 1 aliphatic heterocycles. The third-order valence-electron chi connectivity index (χ3n) is 8.57. The van der Waals surface area contributed by atoms with Gasteiger partial charge in [0.2, 0.25) is 17.6 Å². The van der Waals surface area contributed by atoms with E-state index in [1.54, 1.807) is 0 Å². The Labute approximate surface area is 281 Å². The van der Waals surface area contributed by atoms with Gasteiger partial charge in [-0.2, -0.15) is 0 Å². The monoisotopic (exact) mass is 649 g/mol. The van der Waals surface area contributed by atoms with Crippen molar-refractivity contribution >= 4 is 29.5 Å². The summed E-state index contributed by atoms with van der Waals surface area (Å²) in [6.45, 7) is 13.8. The highest BCUT2D eigenvalue weighted by atomic mass is 16.2. The number of hydrogen-bond acceptors (Lipinski definition) is 5. The quantitative estimate of drug-likeness (QED) is 0.106. The zero-order valence-corrected chi connectivity index (χ0v) is 29.0. The third-order valence-corrected chi connectivity index (χ3v) is 8.57. The number of terminal acetylenes is 1. The summed E-state index contributed by atoms with van der Waals surface area (Å²) in [5.41, 5.74) is -0.0395. The Morgan fingerprint density at radius 3 is 2.36 bits per heavy atom. The van der Waals surface area contributed by atoms with Crippen LogP contribution in [0.5, 0.6) is 0 Å². The van der Waals surface area contributed by atoms with Crippen molar-refractivity contribution in [1.82, 2.24) is 26.2 Å². The third kappa shape index (κ3) is 11.9. The van der Waals surface area contributed by atoms with Gasteiger partial charge in [-0.25, -0.2) is 4.79 Å². The zero-order valence-electron chi connectivity index (χ0n) is 29.0. The fraction of sp³-hybridized carbons (Fsp3) is 0.595. The van der Waals surface area contributed by atoms with E-state index in [1.165, 1.54) is 11.0 Å². The Morgan fingerprint density at radius 2 is 1.77 bits per heavy atom. The Hall–Kier alpha value is -4.13. The summed E-state index contributed by atoms with van der Waals surface area (Å²) >= 11 is 0. The second-order valence-corrected chi connectivity index (χ2v) is 13.6. The molecule has 4 N–H and O–H groups in total. The van der Waals surface area contributed by atoms with Gasteiger partial charge in [-0.05, 0) is 49.5 Å². The molecule has 1 fully saturated rings. The van der Waals surface area contributed by atoms with Gasteiger partial charge in [0, 0.05) is 25.0 Å². The average molecular weight is 650 g/mol. The summed E-state index contributed by atoms with van der Waals surface area (Å²) in [5, 5.41) is 11.4. The lowest BCUT2D eigenvalue weighted by atomic mass is 9.82. The van der Waals surface area contributed by atoms with Gasteiger partial charge in [-0.15, -0.1) is 18.9 Å². The second kappa shape index (κ2) is 18.9. The molecule has 2 rings (SSSR count). The lowest BCUT2D eigenvalue weighted by molar-refractivity contribution is -0.143. The standard InChI is InChI=1S/C37H55N5O5/c1-8-12-20-28(30(43)33(45)38-24-11-4)39-32(44)29-21-17-25-42(29)34(46)31(36(5,6)7)40-35(47)41-37(22-10-3,23-13-9-2)26-27-18-15-14-16-19-27/h1,11,14-16,18-19,28-29,31H,4,9-10,12-13,17,20-26H2,2-3,5-7H3,(H,38,45)(H,39,44)(H2,40,41,47)/t28?,29-,31?,37?/m0/s1. The zero-order chi connectivity index (χ0) is 35.0. The summed E-state index contributed by atoms with van der Waals surface area (Å²) in [7, 11) is 0. The van der Waals surface area contributed by atoms with E-state index in [2.05, 4.69) is 59.7 Å². The van der Waals surface area contributed by atoms with E-state index in [4.69, 9.17) is 6.42 Å². The van der Waals surface area contributed by atoms with Gasteiger partial charge < -0.3 is 26.2 Å². The van der Waals surface area contributed by atoms with Crippen molar-refractivity contribution in [3.63, 3.8) is 0 Å². The molecule has 10 heteroatoms. The largest absolute Gasteiger partial charge is 0.346 e. The van der Waals surface area contributed by atoms with Crippen LogP contribution < -0.4 is 21.3 Å². The molecule has 3 unspecified atom stereocenters. The topological polar surface area (TPSA) is 137 Å². The van der Waals surface area contributed by atoms with Gasteiger partial charge in [0.15, 0.2) is 0 Å². The molecule has 5 amide bonds. The highest BCUT2D eigenvalue weighted by Gasteiger charge is 2.43. The van der Waals surface area contributed by atoms with Crippen molar-refractivity contribution in [2.45, 2.75) is 122 Å². The second-order valence-electron chi connectivity index (χ2n) is 13.6. The number of carbonyl (C=O) groups is 5. The molecule has 0 bridgehead atoms. The maximum Gasteiger partial charge on any atom is 0.315 e. The minimum atomic E-state index is -1.14. The van der Waals surface area contributed by atoms with Crippen LogP contribution in [0.3, 0.4) is 0 Å². The van der Waals surface area contributed by atoms with Crippen LogP contribution in [0, 0.1) is 17.8 Å². The van der Waals surface area contributed by atoms with Crippen molar-refractivity contribution in [2.75, 3.05) is 13.1 Å². The Bertz CT molecular complexity index is 1270. The maximum atomic E-state index is 14.2. The molecule has 0 spiro atoms.